The van der Waals surface area contributed by atoms with E-state index in [1.165, 1.54) is 0 Å². The van der Waals surface area contributed by atoms with Crippen molar-refractivity contribution in [1.29, 1.82) is 0 Å². The molecule has 2 aromatic rings. The number of rotatable bonds is 4. The molecule has 1 saturated carbocycles. The smallest absolute Gasteiger partial charge is 0.337 e. The summed E-state index contributed by atoms with van der Waals surface area (Å²) in [5.41, 5.74) is 2.69. The fraction of sp³-hybridized carbons (Fsp3) is 0.333. The molecule has 0 aromatic carbocycles. The van der Waals surface area contributed by atoms with Gasteiger partial charge in [-0.1, -0.05) is 0 Å². The lowest BCUT2D eigenvalue weighted by Gasteiger charge is -2.09. The number of nitrogens with zero attached hydrogens (tertiary/aromatic N) is 2. The van der Waals surface area contributed by atoms with Crippen LogP contribution in [0.15, 0.2) is 24.5 Å². The zero-order chi connectivity index (χ0) is 14.3. The summed E-state index contributed by atoms with van der Waals surface area (Å²) < 4.78 is 7.32. The summed E-state index contributed by atoms with van der Waals surface area (Å²) in [4.78, 5) is 15.7. The first-order chi connectivity index (χ1) is 9.63. The summed E-state index contributed by atoms with van der Waals surface area (Å²) >= 11 is 0. The number of carboxylic acid groups (broad SMARTS) is 1. The molecule has 20 heavy (non-hydrogen) atoms. The maximum Gasteiger partial charge on any atom is 0.337 e. The van der Waals surface area contributed by atoms with E-state index in [-0.39, 0.29) is 0 Å². The van der Waals surface area contributed by atoms with Gasteiger partial charge >= 0.3 is 5.97 Å². The predicted octanol–water partition coefficient (Wildman–Crippen LogP) is 2.90. The number of aromatic carboxylic acids is 1. The maximum atomic E-state index is 11.5. The fourth-order valence-electron chi connectivity index (χ4n) is 2.60. The Morgan fingerprint density at radius 1 is 1.50 bits per heavy atom. The van der Waals surface area contributed by atoms with E-state index >= 15 is 0 Å². The van der Waals surface area contributed by atoms with Gasteiger partial charge in [0.1, 0.15) is 0 Å². The van der Waals surface area contributed by atoms with Crippen LogP contribution in [0.5, 0.6) is 5.88 Å². The van der Waals surface area contributed by atoms with Crippen LogP contribution in [0.2, 0.25) is 0 Å². The van der Waals surface area contributed by atoms with Gasteiger partial charge in [-0.05, 0) is 31.9 Å². The van der Waals surface area contributed by atoms with Gasteiger partial charge in [-0.15, -0.1) is 0 Å². The molecule has 2 heterocycles. The first kappa shape index (κ1) is 12.7. The Bertz CT molecular complexity index is 672. The van der Waals surface area contributed by atoms with Crippen molar-refractivity contribution in [2.24, 2.45) is 0 Å². The Morgan fingerprint density at radius 2 is 2.25 bits per heavy atom. The average molecular weight is 272 g/mol. The first-order valence-electron chi connectivity index (χ1n) is 6.57. The molecule has 5 nitrogen and oxygen atoms in total. The molecule has 0 aliphatic heterocycles. The third kappa shape index (κ3) is 1.95. The summed E-state index contributed by atoms with van der Waals surface area (Å²) in [6, 6.07) is 4.07. The van der Waals surface area contributed by atoms with Gasteiger partial charge < -0.3 is 14.4 Å². The van der Waals surface area contributed by atoms with Crippen molar-refractivity contribution in [3.05, 3.63) is 35.8 Å². The highest BCUT2D eigenvalue weighted by Gasteiger charge is 2.29. The number of pyridine rings is 1. The van der Waals surface area contributed by atoms with Crippen LogP contribution >= 0.6 is 0 Å². The molecular formula is C15H16N2O3. The summed E-state index contributed by atoms with van der Waals surface area (Å²) in [5, 5.41) is 9.46. The lowest BCUT2D eigenvalue weighted by molar-refractivity contribution is 0.0697. The van der Waals surface area contributed by atoms with Gasteiger partial charge in [-0.2, -0.15) is 0 Å². The quantitative estimate of drug-likeness (QED) is 0.929. The minimum Gasteiger partial charge on any atom is -0.481 e. The molecule has 2 aromatic heterocycles. The van der Waals surface area contributed by atoms with E-state index in [1.807, 2.05) is 13.0 Å². The van der Waals surface area contributed by atoms with Crippen molar-refractivity contribution < 1.29 is 14.6 Å². The van der Waals surface area contributed by atoms with E-state index in [2.05, 4.69) is 9.55 Å². The highest BCUT2D eigenvalue weighted by atomic mass is 16.5. The monoisotopic (exact) mass is 272 g/mol. The Hall–Kier alpha value is -2.30. The summed E-state index contributed by atoms with van der Waals surface area (Å²) in [7, 11) is 1.54. The molecule has 1 aliphatic rings. The standard InChI is InChI=1S/C15H16N2O3/c1-9-13(11-4-3-7-16-14(11)20-2)12(15(18)19)8-17(9)10-5-6-10/h3-4,7-8,10H,5-6H2,1-2H3,(H,18,19). The van der Waals surface area contributed by atoms with Crippen molar-refractivity contribution in [3.8, 4) is 17.0 Å². The predicted molar refractivity (Wildman–Crippen MR) is 74.2 cm³/mol. The molecule has 1 fully saturated rings. The van der Waals surface area contributed by atoms with Crippen LogP contribution in [0, 0.1) is 6.92 Å². The van der Waals surface area contributed by atoms with Crippen LogP contribution in [-0.4, -0.2) is 27.7 Å². The van der Waals surface area contributed by atoms with E-state index < -0.39 is 5.97 Å². The molecule has 0 atom stereocenters. The number of carboxylic acids is 1. The van der Waals surface area contributed by atoms with E-state index in [4.69, 9.17) is 4.74 Å². The van der Waals surface area contributed by atoms with Crippen LogP contribution in [0.1, 0.15) is 34.9 Å². The Labute approximate surface area is 116 Å². The third-order valence-corrected chi connectivity index (χ3v) is 3.69. The zero-order valence-electron chi connectivity index (χ0n) is 11.5. The van der Waals surface area contributed by atoms with E-state index in [1.54, 1.807) is 25.6 Å². The number of ether oxygens (including phenoxy) is 1. The van der Waals surface area contributed by atoms with Gasteiger partial charge in [0.2, 0.25) is 5.88 Å². The van der Waals surface area contributed by atoms with E-state index in [0.29, 0.717) is 23.0 Å². The molecule has 1 aliphatic carbocycles. The first-order valence-corrected chi connectivity index (χ1v) is 6.57. The molecule has 104 valence electrons. The van der Waals surface area contributed by atoms with Crippen LogP contribution < -0.4 is 4.74 Å². The third-order valence-electron chi connectivity index (χ3n) is 3.69. The minimum atomic E-state index is -0.923. The van der Waals surface area contributed by atoms with Crippen molar-refractivity contribution in [3.63, 3.8) is 0 Å². The topological polar surface area (TPSA) is 64.3 Å². The lowest BCUT2D eigenvalue weighted by Crippen LogP contribution is -1.99. The van der Waals surface area contributed by atoms with Gasteiger partial charge in [0.25, 0.3) is 0 Å². The molecule has 0 unspecified atom stereocenters. The molecule has 3 rings (SSSR count). The van der Waals surface area contributed by atoms with Crippen molar-refractivity contribution in [2.45, 2.75) is 25.8 Å². The number of hydrogen-bond donors (Lipinski definition) is 1. The molecule has 0 spiro atoms. The zero-order valence-corrected chi connectivity index (χ0v) is 11.5. The van der Waals surface area contributed by atoms with Crippen LogP contribution in [-0.2, 0) is 0 Å². The summed E-state index contributed by atoms with van der Waals surface area (Å²) in [6.45, 7) is 1.95. The second kappa shape index (κ2) is 4.67. The lowest BCUT2D eigenvalue weighted by atomic mass is 10.0. The maximum absolute atomic E-state index is 11.5. The van der Waals surface area contributed by atoms with E-state index in [0.717, 1.165) is 24.1 Å². The normalized spacial score (nSPS) is 14.3. The summed E-state index contributed by atoms with van der Waals surface area (Å²) in [5.74, 6) is -0.472. The van der Waals surface area contributed by atoms with Crippen molar-refractivity contribution in [1.82, 2.24) is 9.55 Å². The Kier molecular flexibility index (Phi) is 2.97. The van der Waals surface area contributed by atoms with Gasteiger partial charge in [0, 0.05) is 35.3 Å². The molecule has 0 bridgehead atoms. The van der Waals surface area contributed by atoms with Gasteiger partial charge in [-0.3, -0.25) is 0 Å². The number of carbonyl (C=O) groups is 1. The van der Waals surface area contributed by atoms with Crippen LogP contribution in [0.3, 0.4) is 0 Å². The average Bonchev–Trinajstić information content (AvgIpc) is 3.22. The largest absolute Gasteiger partial charge is 0.481 e. The number of hydrogen-bond acceptors (Lipinski definition) is 3. The van der Waals surface area contributed by atoms with Gasteiger partial charge in [0.05, 0.1) is 12.7 Å². The SMILES string of the molecule is COc1ncccc1-c1c(C(=O)O)cn(C2CC2)c1C. The molecule has 0 amide bonds. The Balaban J connectivity index is 2.23. The molecular weight excluding hydrogens is 256 g/mol. The number of aromatic nitrogens is 2. The highest BCUT2D eigenvalue weighted by molar-refractivity contribution is 5.97. The highest BCUT2D eigenvalue weighted by Crippen LogP contribution is 2.41. The second-order valence-electron chi connectivity index (χ2n) is 5.01. The van der Waals surface area contributed by atoms with E-state index in [9.17, 15) is 9.90 Å². The molecule has 5 heteroatoms. The minimum absolute atomic E-state index is 0.306. The summed E-state index contributed by atoms with van der Waals surface area (Å²) in [6.07, 6.45) is 5.59. The van der Waals surface area contributed by atoms with Gasteiger partial charge in [-0.25, -0.2) is 9.78 Å². The number of methoxy groups -OCH3 is 1. The van der Waals surface area contributed by atoms with Gasteiger partial charge in [0.15, 0.2) is 0 Å². The second-order valence-corrected chi connectivity index (χ2v) is 5.01. The molecule has 0 saturated heterocycles. The Morgan fingerprint density at radius 3 is 2.85 bits per heavy atom. The van der Waals surface area contributed by atoms with Crippen LogP contribution in [0.25, 0.3) is 11.1 Å². The van der Waals surface area contributed by atoms with Crippen molar-refractivity contribution in [2.75, 3.05) is 7.11 Å². The fourth-order valence-corrected chi connectivity index (χ4v) is 2.60. The molecule has 1 N–H and O–H groups in total. The van der Waals surface area contributed by atoms with Crippen LogP contribution in [0.4, 0.5) is 0 Å². The molecule has 0 radical (unpaired) electrons. The van der Waals surface area contributed by atoms with Crippen molar-refractivity contribution >= 4 is 5.97 Å².